The number of hydrogen-bond donors (Lipinski definition) is 1. The summed E-state index contributed by atoms with van der Waals surface area (Å²) in [6, 6.07) is 0. The Labute approximate surface area is 120 Å². The van der Waals surface area contributed by atoms with Crippen LogP contribution in [0.1, 0.15) is 72.1 Å². The largest absolute Gasteiger partial charge is 0.175 e. The highest BCUT2D eigenvalue weighted by Gasteiger charge is 2.42. The predicted octanol–water partition coefficient (Wildman–Crippen LogP) is 5.57. The van der Waals surface area contributed by atoms with Crippen LogP contribution in [0, 0.1) is 29.6 Å². The van der Waals surface area contributed by atoms with Gasteiger partial charge in [0, 0.05) is 5.25 Å². The van der Waals surface area contributed by atoms with E-state index in [1.54, 1.807) is 0 Å². The van der Waals surface area contributed by atoms with Crippen molar-refractivity contribution in [2.24, 2.45) is 29.6 Å². The van der Waals surface area contributed by atoms with Crippen molar-refractivity contribution in [3.8, 4) is 0 Å². The van der Waals surface area contributed by atoms with E-state index in [4.69, 9.17) is 12.6 Å². The average Bonchev–Trinajstić information content (AvgIpc) is 2.33. The molecule has 2 aliphatic rings. The van der Waals surface area contributed by atoms with Crippen molar-refractivity contribution >= 4 is 12.6 Å². The molecule has 0 heterocycles. The van der Waals surface area contributed by atoms with Crippen molar-refractivity contribution in [2.45, 2.75) is 77.4 Å². The third-order valence-electron chi connectivity index (χ3n) is 5.73. The number of fused-ring (bicyclic) bond motifs is 1. The third kappa shape index (κ3) is 3.26. The van der Waals surface area contributed by atoms with Crippen LogP contribution in [-0.4, -0.2) is 5.25 Å². The van der Waals surface area contributed by atoms with Crippen molar-refractivity contribution in [3.05, 3.63) is 0 Å². The molecule has 106 valence electrons. The zero-order valence-corrected chi connectivity index (χ0v) is 13.5. The number of rotatable bonds is 4. The Kier molecular flexibility index (Phi) is 5.47. The van der Waals surface area contributed by atoms with Crippen LogP contribution in [0.3, 0.4) is 0 Å². The lowest BCUT2D eigenvalue weighted by Gasteiger charge is -2.48. The van der Waals surface area contributed by atoms with Crippen LogP contribution in [0.25, 0.3) is 0 Å². The van der Waals surface area contributed by atoms with Crippen LogP contribution in [0.4, 0.5) is 0 Å². The molecule has 0 bridgehead atoms. The van der Waals surface area contributed by atoms with E-state index in [0.717, 1.165) is 29.6 Å². The molecule has 0 spiro atoms. The van der Waals surface area contributed by atoms with E-state index in [9.17, 15) is 0 Å². The lowest BCUT2D eigenvalue weighted by atomic mass is 9.61. The second-order valence-corrected chi connectivity index (χ2v) is 7.80. The van der Waals surface area contributed by atoms with Crippen molar-refractivity contribution < 1.29 is 0 Å². The van der Waals surface area contributed by atoms with Crippen LogP contribution in [0.2, 0.25) is 0 Å². The monoisotopic (exact) mass is 268 g/mol. The predicted molar refractivity (Wildman–Crippen MR) is 84.2 cm³/mol. The smallest absolute Gasteiger partial charge is 0.00785 e. The van der Waals surface area contributed by atoms with Crippen molar-refractivity contribution in [1.29, 1.82) is 0 Å². The maximum absolute atomic E-state index is 5.07. The van der Waals surface area contributed by atoms with Crippen LogP contribution in [0.15, 0.2) is 0 Å². The van der Waals surface area contributed by atoms with Gasteiger partial charge in [0.15, 0.2) is 0 Å². The molecule has 2 saturated carbocycles. The summed E-state index contributed by atoms with van der Waals surface area (Å²) < 4.78 is 0. The highest BCUT2D eigenvalue weighted by atomic mass is 32.1. The molecule has 0 amide bonds. The molecule has 0 radical (unpaired) electrons. The molecule has 0 N–H and O–H groups in total. The van der Waals surface area contributed by atoms with Gasteiger partial charge in [-0.05, 0) is 55.3 Å². The Morgan fingerprint density at radius 1 is 1.06 bits per heavy atom. The molecule has 18 heavy (non-hydrogen) atoms. The summed E-state index contributed by atoms with van der Waals surface area (Å²) in [5.74, 6) is 4.71. The first-order valence-electron chi connectivity index (χ1n) is 8.31. The fourth-order valence-corrected chi connectivity index (χ4v) is 5.47. The van der Waals surface area contributed by atoms with Gasteiger partial charge in [-0.3, -0.25) is 0 Å². The van der Waals surface area contributed by atoms with E-state index in [2.05, 4.69) is 20.8 Å². The maximum Gasteiger partial charge on any atom is 0.00785 e. The van der Waals surface area contributed by atoms with E-state index in [0.29, 0.717) is 5.25 Å². The van der Waals surface area contributed by atoms with Crippen LogP contribution in [-0.2, 0) is 0 Å². The lowest BCUT2D eigenvalue weighted by Crippen LogP contribution is -2.43. The van der Waals surface area contributed by atoms with Gasteiger partial charge < -0.3 is 0 Å². The zero-order chi connectivity index (χ0) is 13.1. The fourth-order valence-electron chi connectivity index (χ4n) is 4.63. The Hall–Kier alpha value is 0.350. The van der Waals surface area contributed by atoms with Crippen LogP contribution in [0.5, 0.6) is 0 Å². The Morgan fingerprint density at radius 3 is 2.56 bits per heavy atom. The van der Waals surface area contributed by atoms with Gasteiger partial charge in [0.1, 0.15) is 0 Å². The Morgan fingerprint density at radius 2 is 1.83 bits per heavy atom. The molecule has 0 nitrogen and oxygen atoms in total. The summed E-state index contributed by atoms with van der Waals surface area (Å²) in [7, 11) is 0. The molecular formula is C17H32S. The van der Waals surface area contributed by atoms with Gasteiger partial charge in [0.05, 0.1) is 0 Å². The summed E-state index contributed by atoms with van der Waals surface area (Å²) in [5.41, 5.74) is 0. The van der Waals surface area contributed by atoms with Gasteiger partial charge in [-0.15, -0.1) is 0 Å². The third-order valence-corrected chi connectivity index (χ3v) is 6.49. The van der Waals surface area contributed by atoms with Gasteiger partial charge in [-0.25, -0.2) is 0 Å². The molecule has 0 aliphatic heterocycles. The minimum Gasteiger partial charge on any atom is -0.175 e. The number of thiol groups is 1. The highest BCUT2D eigenvalue weighted by molar-refractivity contribution is 7.81. The Bertz CT molecular complexity index is 250. The second-order valence-electron chi connectivity index (χ2n) is 7.21. The van der Waals surface area contributed by atoms with Gasteiger partial charge in [-0.2, -0.15) is 12.6 Å². The highest BCUT2D eigenvalue weighted by Crippen LogP contribution is 2.49. The standard InChI is InChI=1S/C17H32S/c1-4-5-6-7-15-13(3)11-14-10-12(2)8-9-16(14)17(15)18/h12-18H,4-11H2,1-3H3. The van der Waals surface area contributed by atoms with Gasteiger partial charge >= 0.3 is 0 Å². The zero-order valence-electron chi connectivity index (χ0n) is 12.6. The molecule has 0 saturated heterocycles. The van der Waals surface area contributed by atoms with E-state index in [1.165, 1.54) is 51.4 Å². The number of unbranched alkanes of at least 4 members (excludes halogenated alkanes) is 2. The fraction of sp³-hybridized carbons (Fsp3) is 1.00. The molecule has 6 atom stereocenters. The first-order valence-corrected chi connectivity index (χ1v) is 8.83. The normalized spacial score (nSPS) is 44.7. The minimum atomic E-state index is 0.697. The molecule has 0 aromatic heterocycles. The molecular weight excluding hydrogens is 236 g/mol. The second kappa shape index (κ2) is 6.68. The maximum atomic E-state index is 5.07. The molecule has 0 aromatic carbocycles. The van der Waals surface area contributed by atoms with Crippen molar-refractivity contribution in [1.82, 2.24) is 0 Å². The number of hydrogen-bond acceptors (Lipinski definition) is 1. The molecule has 2 fully saturated rings. The van der Waals surface area contributed by atoms with E-state index < -0.39 is 0 Å². The minimum absolute atomic E-state index is 0.697. The van der Waals surface area contributed by atoms with Crippen molar-refractivity contribution in [2.75, 3.05) is 0 Å². The average molecular weight is 269 g/mol. The van der Waals surface area contributed by atoms with Gasteiger partial charge in [-0.1, -0.05) is 46.5 Å². The summed E-state index contributed by atoms with van der Waals surface area (Å²) in [4.78, 5) is 0. The van der Waals surface area contributed by atoms with Gasteiger partial charge in [0.2, 0.25) is 0 Å². The molecule has 2 rings (SSSR count). The summed E-state index contributed by atoms with van der Waals surface area (Å²) in [5, 5.41) is 0.697. The quantitative estimate of drug-likeness (QED) is 0.500. The first-order chi connectivity index (χ1) is 8.63. The molecule has 6 unspecified atom stereocenters. The van der Waals surface area contributed by atoms with Crippen molar-refractivity contribution in [3.63, 3.8) is 0 Å². The molecule has 2 aliphatic carbocycles. The Balaban J connectivity index is 1.93. The molecule has 0 aromatic rings. The summed E-state index contributed by atoms with van der Waals surface area (Å²) in [6.45, 7) is 7.25. The van der Waals surface area contributed by atoms with E-state index in [-0.39, 0.29) is 0 Å². The van der Waals surface area contributed by atoms with E-state index >= 15 is 0 Å². The van der Waals surface area contributed by atoms with Gasteiger partial charge in [0.25, 0.3) is 0 Å². The SMILES string of the molecule is CCCCCC1C(C)CC2CC(C)CCC2C1S. The lowest BCUT2D eigenvalue weighted by molar-refractivity contribution is 0.0701. The topological polar surface area (TPSA) is 0 Å². The van der Waals surface area contributed by atoms with E-state index in [1.807, 2.05) is 0 Å². The first kappa shape index (κ1) is 14.8. The summed E-state index contributed by atoms with van der Waals surface area (Å²) in [6.07, 6.45) is 11.5. The van der Waals surface area contributed by atoms with Crippen LogP contribution < -0.4 is 0 Å². The summed E-state index contributed by atoms with van der Waals surface area (Å²) >= 11 is 5.07. The molecule has 1 heteroatoms. The van der Waals surface area contributed by atoms with Crippen LogP contribution >= 0.6 is 12.6 Å².